The number of carbonyl (C=O) groups excluding carboxylic acids is 2. The fraction of sp³-hybridized carbons (Fsp3) is 0.333. The van der Waals surface area contributed by atoms with Gasteiger partial charge in [0.25, 0.3) is 0 Å². The molecule has 1 amide bonds. The molecule has 1 aliphatic rings. The van der Waals surface area contributed by atoms with Crippen molar-refractivity contribution in [1.82, 2.24) is 0 Å². The summed E-state index contributed by atoms with van der Waals surface area (Å²) in [5, 5.41) is 3.46. The maximum absolute atomic E-state index is 13.8. The van der Waals surface area contributed by atoms with Crippen LogP contribution in [0.4, 0.5) is 9.39 Å². The monoisotopic (exact) mass is 421 g/mol. The number of ether oxygens (including phenoxy) is 1. The third-order valence-electron chi connectivity index (χ3n) is 4.63. The van der Waals surface area contributed by atoms with Crippen LogP contribution in [0.25, 0.3) is 6.08 Å². The highest BCUT2D eigenvalue weighted by molar-refractivity contribution is 7.17. The third-order valence-corrected chi connectivity index (χ3v) is 6.13. The molecular formula is C21H21ClFNO3S. The number of thiophene rings is 1. The van der Waals surface area contributed by atoms with Gasteiger partial charge >= 0.3 is 5.97 Å². The van der Waals surface area contributed by atoms with Crippen molar-refractivity contribution in [2.45, 2.75) is 33.1 Å². The SMILES string of the molecule is CCOC(=O)c1c(NC(=O)C=Cc2c(F)cccc2Cl)sc2c1CCC(C)C2. The van der Waals surface area contributed by atoms with Gasteiger partial charge in [-0.05, 0) is 55.9 Å². The Labute approximate surface area is 172 Å². The minimum atomic E-state index is -0.510. The summed E-state index contributed by atoms with van der Waals surface area (Å²) < 4.78 is 19.0. The van der Waals surface area contributed by atoms with Crippen LogP contribution in [0.1, 0.15) is 46.6 Å². The molecule has 0 spiro atoms. The van der Waals surface area contributed by atoms with E-state index in [4.69, 9.17) is 16.3 Å². The highest BCUT2D eigenvalue weighted by Crippen LogP contribution is 2.40. The first-order valence-corrected chi connectivity index (χ1v) is 10.3. The van der Waals surface area contributed by atoms with E-state index in [1.807, 2.05) is 0 Å². The summed E-state index contributed by atoms with van der Waals surface area (Å²) in [5.74, 6) is -0.861. The Bertz CT molecular complexity index is 918. The van der Waals surface area contributed by atoms with Gasteiger partial charge in [0.05, 0.1) is 17.2 Å². The molecule has 1 aromatic carbocycles. The first-order chi connectivity index (χ1) is 13.4. The third kappa shape index (κ3) is 4.45. The molecule has 1 atom stereocenters. The average molecular weight is 422 g/mol. The molecule has 0 fully saturated rings. The fourth-order valence-electron chi connectivity index (χ4n) is 3.24. The molecule has 0 bridgehead atoms. The van der Waals surface area contributed by atoms with E-state index >= 15 is 0 Å². The fourth-order valence-corrected chi connectivity index (χ4v) is 4.87. The van der Waals surface area contributed by atoms with Gasteiger partial charge in [0.1, 0.15) is 10.8 Å². The quantitative estimate of drug-likeness (QED) is 0.512. The second-order valence-corrected chi connectivity index (χ2v) is 8.25. The van der Waals surface area contributed by atoms with Gasteiger partial charge in [-0.15, -0.1) is 11.3 Å². The van der Waals surface area contributed by atoms with Crippen LogP contribution in [0.3, 0.4) is 0 Å². The topological polar surface area (TPSA) is 55.4 Å². The lowest BCUT2D eigenvalue weighted by molar-refractivity contribution is -0.111. The van der Waals surface area contributed by atoms with Gasteiger partial charge in [-0.25, -0.2) is 9.18 Å². The Morgan fingerprint density at radius 1 is 1.43 bits per heavy atom. The number of anilines is 1. The Kier molecular flexibility index (Phi) is 6.52. The van der Waals surface area contributed by atoms with Crippen molar-refractivity contribution in [1.29, 1.82) is 0 Å². The number of halogens is 2. The van der Waals surface area contributed by atoms with Crippen molar-refractivity contribution in [2.24, 2.45) is 5.92 Å². The minimum Gasteiger partial charge on any atom is -0.462 e. The number of benzene rings is 1. The van der Waals surface area contributed by atoms with Gasteiger partial charge in [-0.3, -0.25) is 4.79 Å². The Morgan fingerprint density at radius 3 is 2.93 bits per heavy atom. The van der Waals surface area contributed by atoms with Crippen molar-refractivity contribution in [2.75, 3.05) is 11.9 Å². The molecule has 7 heteroatoms. The zero-order valence-electron chi connectivity index (χ0n) is 15.7. The molecular weight excluding hydrogens is 401 g/mol. The smallest absolute Gasteiger partial charge is 0.341 e. The number of fused-ring (bicyclic) bond motifs is 1. The lowest BCUT2D eigenvalue weighted by atomic mass is 9.88. The zero-order chi connectivity index (χ0) is 20.3. The molecule has 0 radical (unpaired) electrons. The maximum atomic E-state index is 13.8. The second kappa shape index (κ2) is 8.88. The summed E-state index contributed by atoms with van der Waals surface area (Å²) in [6, 6.07) is 4.32. The number of rotatable bonds is 5. The van der Waals surface area contributed by atoms with Gasteiger partial charge in [-0.2, -0.15) is 0 Å². The predicted octanol–water partition coefficient (Wildman–Crippen LogP) is 5.49. The van der Waals surface area contributed by atoms with Crippen molar-refractivity contribution in [3.63, 3.8) is 0 Å². The number of amides is 1. The lowest BCUT2D eigenvalue weighted by Crippen LogP contribution is -2.15. The largest absolute Gasteiger partial charge is 0.462 e. The molecule has 28 heavy (non-hydrogen) atoms. The Morgan fingerprint density at radius 2 is 2.21 bits per heavy atom. The van der Waals surface area contributed by atoms with Gasteiger partial charge in [0.15, 0.2) is 0 Å². The highest BCUT2D eigenvalue weighted by Gasteiger charge is 2.28. The van der Waals surface area contributed by atoms with Crippen LogP contribution in [-0.2, 0) is 22.4 Å². The van der Waals surface area contributed by atoms with Gasteiger partial charge in [0, 0.05) is 16.5 Å². The number of hydrogen-bond donors (Lipinski definition) is 1. The average Bonchev–Trinajstić information content (AvgIpc) is 2.98. The maximum Gasteiger partial charge on any atom is 0.341 e. The van der Waals surface area contributed by atoms with E-state index in [9.17, 15) is 14.0 Å². The lowest BCUT2D eigenvalue weighted by Gasteiger charge is -2.18. The number of nitrogens with one attached hydrogen (secondary N) is 1. The summed E-state index contributed by atoms with van der Waals surface area (Å²) in [6.07, 6.45) is 5.20. The van der Waals surface area contributed by atoms with E-state index in [1.165, 1.54) is 35.6 Å². The zero-order valence-corrected chi connectivity index (χ0v) is 17.3. The molecule has 1 aliphatic carbocycles. The van der Waals surface area contributed by atoms with Crippen LogP contribution in [0.15, 0.2) is 24.3 Å². The highest BCUT2D eigenvalue weighted by atomic mass is 35.5. The van der Waals surface area contributed by atoms with Gasteiger partial charge in [0.2, 0.25) is 5.91 Å². The molecule has 1 heterocycles. The molecule has 3 rings (SSSR count). The van der Waals surface area contributed by atoms with Gasteiger partial charge < -0.3 is 10.1 Å². The molecule has 148 valence electrons. The molecule has 1 aromatic heterocycles. The van der Waals surface area contributed by atoms with Crippen LogP contribution in [0.5, 0.6) is 0 Å². The summed E-state index contributed by atoms with van der Waals surface area (Å²) in [4.78, 5) is 26.0. The summed E-state index contributed by atoms with van der Waals surface area (Å²) in [6.45, 7) is 4.18. The Balaban J connectivity index is 1.86. The molecule has 0 saturated heterocycles. The minimum absolute atomic E-state index is 0.143. The van der Waals surface area contributed by atoms with E-state index in [-0.39, 0.29) is 17.2 Å². The van der Waals surface area contributed by atoms with Crippen LogP contribution in [-0.4, -0.2) is 18.5 Å². The molecule has 0 saturated carbocycles. The summed E-state index contributed by atoms with van der Waals surface area (Å²) in [5.41, 5.74) is 1.56. The number of carbonyl (C=O) groups is 2. The van der Waals surface area contributed by atoms with Crippen molar-refractivity contribution in [3.8, 4) is 0 Å². The normalized spacial score (nSPS) is 16.1. The summed E-state index contributed by atoms with van der Waals surface area (Å²) >= 11 is 7.38. The van der Waals surface area contributed by atoms with E-state index in [1.54, 1.807) is 13.0 Å². The summed E-state index contributed by atoms with van der Waals surface area (Å²) in [7, 11) is 0. The standard InChI is InChI=1S/C21H21ClFNO3S/c1-3-27-21(26)19-14-8-7-12(2)11-17(14)28-20(19)24-18(25)10-9-13-15(22)5-4-6-16(13)23/h4-6,9-10,12H,3,7-8,11H2,1-2H3,(H,24,25). The van der Waals surface area contributed by atoms with Crippen LogP contribution < -0.4 is 5.32 Å². The van der Waals surface area contributed by atoms with Gasteiger partial charge in [-0.1, -0.05) is 24.6 Å². The molecule has 1 unspecified atom stereocenters. The first-order valence-electron chi connectivity index (χ1n) is 9.15. The van der Waals surface area contributed by atoms with Crippen molar-refractivity contribution >= 4 is 45.9 Å². The first kappa shape index (κ1) is 20.6. The van der Waals surface area contributed by atoms with E-state index in [0.717, 1.165) is 29.7 Å². The predicted molar refractivity (Wildman–Crippen MR) is 111 cm³/mol. The van der Waals surface area contributed by atoms with E-state index in [0.29, 0.717) is 16.5 Å². The molecule has 0 aliphatic heterocycles. The van der Waals surface area contributed by atoms with Crippen LogP contribution >= 0.6 is 22.9 Å². The number of esters is 1. The Hall–Kier alpha value is -2.18. The second-order valence-electron chi connectivity index (χ2n) is 6.73. The van der Waals surface area contributed by atoms with E-state index in [2.05, 4.69) is 12.2 Å². The molecule has 2 aromatic rings. The van der Waals surface area contributed by atoms with Crippen LogP contribution in [0.2, 0.25) is 5.02 Å². The number of hydrogen-bond acceptors (Lipinski definition) is 4. The van der Waals surface area contributed by atoms with Crippen LogP contribution in [0, 0.1) is 11.7 Å². The van der Waals surface area contributed by atoms with Crippen molar-refractivity contribution < 1.29 is 18.7 Å². The van der Waals surface area contributed by atoms with Crippen molar-refractivity contribution in [3.05, 3.63) is 56.7 Å². The molecule has 1 N–H and O–H groups in total. The van der Waals surface area contributed by atoms with E-state index < -0.39 is 17.7 Å². The molecule has 4 nitrogen and oxygen atoms in total.